The van der Waals surface area contributed by atoms with Crippen molar-refractivity contribution >= 4 is 16.7 Å². The van der Waals surface area contributed by atoms with Crippen molar-refractivity contribution in [1.82, 2.24) is 9.97 Å². The Balaban J connectivity index is 1.94. The summed E-state index contributed by atoms with van der Waals surface area (Å²) in [6.45, 7) is 2.98. The number of fused-ring (bicyclic) bond motifs is 1. The second-order valence-corrected chi connectivity index (χ2v) is 6.89. The van der Waals surface area contributed by atoms with Crippen molar-refractivity contribution in [3.63, 3.8) is 0 Å². The van der Waals surface area contributed by atoms with Crippen molar-refractivity contribution < 1.29 is 8.78 Å². The van der Waals surface area contributed by atoms with Crippen LogP contribution in [0.15, 0.2) is 36.7 Å². The maximum absolute atomic E-state index is 14.5. The van der Waals surface area contributed by atoms with Gasteiger partial charge in [0.15, 0.2) is 0 Å². The Morgan fingerprint density at radius 1 is 1.15 bits per heavy atom. The van der Waals surface area contributed by atoms with Gasteiger partial charge in [0, 0.05) is 13.1 Å². The van der Waals surface area contributed by atoms with Gasteiger partial charge in [-0.3, -0.25) is 0 Å². The minimum atomic E-state index is -0.446. The number of nitriles is 1. The van der Waals surface area contributed by atoms with Crippen LogP contribution in [0.1, 0.15) is 18.4 Å². The van der Waals surface area contributed by atoms with E-state index in [1.54, 1.807) is 19.1 Å². The van der Waals surface area contributed by atoms with Gasteiger partial charge < -0.3 is 4.90 Å². The molecule has 1 aliphatic rings. The number of rotatable bonds is 2. The lowest BCUT2D eigenvalue weighted by Crippen LogP contribution is -2.35. The largest absolute Gasteiger partial charge is 0.355 e. The average Bonchev–Trinajstić information content (AvgIpc) is 2.70. The summed E-state index contributed by atoms with van der Waals surface area (Å²) in [7, 11) is 0. The summed E-state index contributed by atoms with van der Waals surface area (Å²) in [5.41, 5.74) is 2.08. The molecule has 4 rings (SSSR count). The summed E-state index contributed by atoms with van der Waals surface area (Å²) in [6.07, 6.45) is 3.06. The molecule has 0 saturated carbocycles. The predicted molar refractivity (Wildman–Crippen MR) is 100 cm³/mol. The molecule has 0 aliphatic carbocycles. The average molecular weight is 364 g/mol. The van der Waals surface area contributed by atoms with Gasteiger partial charge >= 0.3 is 0 Å². The molecule has 136 valence electrons. The summed E-state index contributed by atoms with van der Waals surface area (Å²) >= 11 is 0. The van der Waals surface area contributed by atoms with Gasteiger partial charge in [-0.2, -0.15) is 5.26 Å². The zero-order valence-corrected chi connectivity index (χ0v) is 14.9. The van der Waals surface area contributed by atoms with Crippen LogP contribution in [0.5, 0.6) is 0 Å². The Bertz CT molecular complexity index is 1060. The maximum Gasteiger partial charge on any atom is 0.149 e. The summed E-state index contributed by atoms with van der Waals surface area (Å²) in [5.74, 6) is -0.252. The monoisotopic (exact) mass is 364 g/mol. The maximum atomic E-state index is 14.5. The van der Waals surface area contributed by atoms with Crippen LogP contribution in [0.3, 0.4) is 0 Å². The normalized spacial score (nSPS) is 17.1. The fourth-order valence-electron chi connectivity index (χ4n) is 3.64. The van der Waals surface area contributed by atoms with Crippen molar-refractivity contribution in [3.05, 3.63) is 53.9 Å². The summed E-state index contributed by atoms with van der Waals surface area (Å²) in [6, 6.07) is 10.3. The van der Waals surface area contributed by atoms with Gasteiger partial charge in [0.25, 0.3) is 0 Å². The number of halogens is 2. The molecular weight excluding hydrogens is 346 g/mol. The third-order valence-electron chi connectivity index (χ3n) is 5.11. The molecule has 2 aromatic carbocycles. The number of nitrogens with zero attached hydrogens (tertiary/aromatic N) is 4. The van der Waals surface area contributed by atoms with Crippen LogP contribution in [-0.4, -0.2) is 23.1 Å². The highest BCUT2D eigenvalue weighted by Gasteiger charge is 2.24. The lowest BCUT2D eigenvalue weighted by molar-refractivity contribution is 0.491. The molecule has 1 aliphatic heterocycles. The third-order valence-corrected chi connectivity index (χ3v) is 5.11. The molecule has 0 N–H and O–H groups in total. The van der Waals surface area contributed by atoms with E-state index < -0.39 is 5.82 Å². The number of aryl methyl sites for hydroxylation is 1. The second-order valence-electron chi connectivity index (χ2n) is 6.89. The van der Waals surface area contributed by atoms with Gasteiger partial charge in [-0.25, -0.2) is 18.7 Å². The first-order valence-corrected chi connectivity index (χ1v) is 8.93. The van der Waals surface area contributed by atoms with Crippen LogP contribution < -0.4 is 4.90 Å². The Morgan fingerprint density at radius 3 is 2.78 bits per heavy atom. The smallest absolute Gasteiger partial charge is 0.149 e. The van der Waals surface area contributed by atoms with E-state index in [0.29, 0.717) is 34.4 Å². The molecule has 6 heteroatoms. The quantitative estimate of drug-likeness (QED) is 0.666. The molecule has 1 aromatic heterocycles. The second kappa shape index (κ2) is 6.92. The Morgan fingerprint density at radius 2 is 2.00 bits per heavy atom. The van der Waals surface area contributed by atoms with Gasteiger partial charge in [0.2, 0.25) is 0 Å². The van der Waals surface area contributed by atoms with E-state index in [9.17, 15) is 14.0 Å². The zero-order valence-electron chi connectivity index (χ0n) is 14.9. The molecule has 0 amide bonds. The molecule has 2 heterocycles. The fourth-order valence-corrected chi connectivity index (χ4v) is 3.64. The standard InChI is InChI=1S/C21H18F2N4/c1-13-4-5-15(9-18(13)23)16-6-7-17(22)20-19(16)21(26-12-25-20)27-8-2-3-14(10-24)11-27/h4-7,9,12,14H,2-3,8,11H2,1H3. The first-order chi connectivity index (χ1) is 13.1. The van der Waals surface area contributed by atoms with E-state index in [1.807, 2.05) is 11.0 Å². The van der Waals surface area contributed by atoms with E-state index in [2.05, 4.69) is 16.0 Å². The van der Waals surface area contributed by atoms with Crippen molar-refractivity contribution in [2.75, 3.05) is 18.0 Å². The van der Waals surface area contributed by atoms with Crippen LogP contribution >= 0.6 is 0 Å². The molecule has 4 nitrogen and oxygen atoms in total. The number of hydrogen-bond acceptors (Lipinski definition) is 4. The van der Waals surface area contributed by atoms with Crippen LogP contribution in [0.25, 0.3) is 22.0 Å². The van der Waals surface area contributed by atoms with E-state index in [-0.39, 0.29) is 17.3 Å². The van der Waals surface area contributed by atoms with E-state index in [1.165, 1.54) is 18.5 Å². The van der Waals surface area contributed by atoms with Crippen LogP contribution in [-0.2, 0) is 0 Å². The minimum absolute atomic E-state index is 0.0856. The van der Waals surface area contributed by atoms with Gasteiger partial charge in [-0.1, -0.05) is 18.2 Å². The number of piperidine rings is 1. The third kappa shape index (κ3) is 3.10. The molecular formula is C21H18F2N4. The van der Waals surface area contributed by atoms with Crippen molar-refractivity contribution in [2.45, 2.75) is 19.8 Å². The lowest BCUT2D eigenvalue weighted by Gasteiger charge is -2.31. The highest BCUT2D eigenvalue weighted by molar-refractivity contribution is 6.02. The van der Waals surface area contributed by atoms with Gasteiger partial charge in [0.05, 0.1) is 17.4 Å². The predicted octanol–water partition coefficient (Wildman–Crippen LogP) is 4.62. The lowest BCUT2D eigenvalue weighted by atomic mass is 9.96. The molecule has 1 fully saturated rings. The Labute approximate surface area is 156 Å². The van der Waals surface area contributed by atoms with Crippen LogP contribution in [0.4, 0.5) is 14.6 Å². The van der Waals surface area contributed by atoms with Crippen LogP contribution in [0, 0.1) is 35.8 Å². The minimum Gasteiger partial charge on any atom is -0.355 e. The molecule has 27 heavy (non-hydrogen) atoms. The van der Waals surface area contributed by atoms with Gasteiger partial charge in [0.1, 0.15) is 29.3 Å². The van der Waals surface area contributed by atoms with Crippen molar-refractivity contribution in [2.24, 2.45) is 5.92 Å². The number of benzene rings is 2. The number of anilines is 1. The zero-order chi connectivity index (χ0) is 19.0. The SMILES string of the molecule is Cc1ccc(-c2ccc(F)c3ncnc(N4CCCC(C#N)C4)c23)cc1F. The van der Waals surface area contributed by atoms with Gasteiger partial charge in [-0.05, 0) is 48.6 Å². The van der Waals surface area contributed by atoms with Crippen molar-refractivity contribution in [1.29, 1.82) is 5.26 Å². The van der Waals surface area contributed by atoms with Crippen LogP contribution in [0.2, 0.25) is 0 Å². The summed E-state index contributed by atoms with van der Waals surface area (Å²) in [5, 5.41) is 9.85. The summed E-state index contributed by atoms with van der Waals surface area (Å²) in [4.78, 5) is 10.6. The molecule has 0 bridgehead atoms. The fraction of sp³-hybridized carbons (Fsp3) is 0.286. The molecule has 1 unspecified atom stereocenters. The Kier molecular flexibility index (Phi) is 4.44. The van der Waals surface area contributed by atoms with Crippen molar-refractivity contribution in [3.8, 4) is 17.2 Å². The topological polar surface area (TPSA) is 52.8 Å². The molecule has 3 aromatic rings. The van der Waals surface area contributed by atoms with Gasteiger partial charge in [-0.15, -0.1) is 0 Å². The first-order valence-electron chi connectivity index (χ1n) is 8.93. The van der Waals surface area contributed by atoms with E-state index >= 15 is 0 Å². The molecule has 0 spiro atoms. The van der Waals surface area contributed by atoms with E-state index in [4.69, 9.17) is 0 Å². The first kappa shape index (κ1) is 17.3. The molecule has 1 saturated heterocycles. The highest BCUT2D eigenvalue weighted by atomic mass is 19.1. The Hall–Kier alpha value is -3.07. The highest BCUT2D eigenvalue weighted by Crippen LogP contribution is 2.36. The molecule has 0 radical (unpaired) electrons. The number of hydrogen-bond donors (Lipinski definition) is 0. The molecule has 1 atom stereocenters. The van der Waals surface area contributed by atoms with E-state index in [0.717, 1.165) is 19.4 Å². The summed E-state index contributed by atoms with van der Waals surface area (Å²) < 4.78 is 28.6. The number of aromatic nitrogens is 2.